The molecule has 17 heteroatoms. The van der Waals surface area contributed by atoms with Gasteiger partial charge in [-0.25, -0.2) is 4.98 Å². The molecule has 1 aliphatic heterocycles. The van der Waals surface area contributed by atoms with Gasteiger partial charge in [-0.1, -0.05) is 57.9 Å². The molecule has 5 N–H and O–H groups in total. The maximum atomic E-state index is 15.0. The Morgan fingerprint density at radius 3 is 2.37 bits per heavy atom. The first kappa shape index (κ1) is 49.8. The molecule has 3 amide bonds. The third kappa shape index (κ3) is 14.3. The number of rotatable bonds is 23. The highest BCUT2D eigenvalue weighted by Crippen LogP contribution is 2.32. The van der Waals surface area contributed by atoms with Crippen LogP contribution in [0.2, 0.25) is 0 Å². The van der Waals surface area contributed by atoms with Gasteiger partial charge in [0.2, 0.25) is 11.8 Å². The Hall–Kier alpha value is -4.90. The summed E-state index contributed by atoms with van der Waals surface area (Å²) in [7, 11) is 3.77. The number of likely N-dealkylation sites (tertiary alicyclic amines) is 1. The topological polar surface area (TPSA) is 215 Å². The van der Waals surface area contributed by atoms with E-state index in [1.165, 1.54) is 18.3 Å². The summed E-state index contributed by atoms with van der Waals surface area (Å²) >= 11 is 1.18. The van der Waals surface area contributed by atoms with Crippen molar-refractivity contribution in [1.82, 2.24) is 40.4 Å². The van der Waals surface area contributed by atoms with Gasteiger partial charge in [0.1, 0.15) is 16.7 Å². The number of carboxylic acid groups (broad SMARTS) is 1. The first-order valence-corrected chi connectivity index (χ1v) is 22.8. The summed E-state index contributed by atoms with van der Waals surface area (Å²) in [6.07, 6.45) is 7.12. The van der Waals surface area contributed by atoms with Crippen molar-refractivity contribution in [3.05, 3.63) is 57.8 Å². The molecule has 0 spiro atoms. The van der Waals surface area contributed by atoms with Crippen LogP contribution >= 0.6 is 11.3 Å². The van der Waals surface area contributed by atoms with E-state index >= 15 is 4.79 Å². The van der Waals surface area contributed by atoms with E-state index in [2.05, 4.69) is 30.8 Å². The number of nitrogen functional groups attached to an aromatic ring is 1. The molecule has 2 aromatic heterocycles. The number of nitrogens with one attached hydrogen (secondary N) is 2. The Bertz CT molecular complexity index is 1950. The Kier molecular flexibility index (Phi) is 18.4. The SMILES string of the molecule is CCC(C)C(NC(=O)[C@H]1CCCCN1C)C(=O)N(CCCCc1cn(C)nn1)C(CC(OC(C)=O)c1nc(C(=O)NC(Cc2ccc(N)cc2)CC(C)(C)C(=O)O)cs1)C(C)C. The molecule has 16 nitrogen and oxygen atoms in total. The highest BCUT2D eigenvalue weighted by molar-refractivity contribution is 7.09. The van der Waals surface area contributed by atoms with Crippen LogP contribution in [0.5, 0.6) is 0 Å². The summed E-state index contributed by atoms with van der Waals surface area (Å²) in [6.45, 7) is 13.8. The van der Waals surface area contributed by atoms with E-state index in [9.17, 15) is 24.3 Å². The van der Waals surface area contributed by atoms with Crippen molar-refractivity contribution in [2.45, 2.75) is 143 Å². The van der Waals surface area contributed by atoms with Gasteiger partial charge in [-0.2, -0.15) is 0 Å². The molecule has 1 aliphatic rings. The molecule has 62 heavy (non-hydrogen) atoms. The maximum Gasteiger partial charge on any atom is 0.309 e. The number of unbranched alkanes of at least 4 members (excludes halogenated alkanes) is 1. The van der Waals surface area contributed by atoms with E-state index < -0.39 is 47.5 Å². The molecular weight excluding hydrogens is 811 g/mol. The van der Waals surface area contributed by atoms with E-state index in [4.69, 9.17) is 10.5 Å². The number of nitrogens with zero attached hydrogens (tertiary/aromatic N) is 6. The number of nitrogens with two attached hydrogens (primary N) is 1. The second kappa shape index (κ2) is 23.0. The molecule has 1 saturated heterocycles. The number of hydrogen-bond acceptors (Lipinski definition) is 12. The van der Waals surface area contributed by atoms with Gasteiger partial charge in [0.05, 0.1) is 17.2 Å². The normalized spacial score (nSPS) is 17.1. The quantitative estimate of drug-likeness (QED) is 0.0522. The number of carboxylic acids is 1. The van der Waals surface area contributed by atoms with Crippen molar-refractivity contribution in [2.24, 2.45) is 24.3 Å². The third-order valence-electron chi connectivity index (χ3n) is 12.0. The Morgan fingerprint density at radius 2 is 1.77 bits per heavy atom. The molecule has 0 bridgehead atoms. The summed E-state index contributed by atoms with van der Waals surface area (Å²) in [6, 6.07) is 5.11. The molecule has 0 saturated carbocycles. The molecule has 6 atom stereocenters. The lowest BCUT2D eigenvalue weighted by atomic mass is 9.84. The van der Waals surface area contributed by atoms with Crippen molar-refractivity contribution in [3.8, 4) is 0 Å². The number of aromatic nitrogens is 4. The average Bonchev–Trinajstić information content (AvgIpc) is 3.88. The van der Waals surface area contributed by atoms with Gasteiger partial charge in [-0.3, -0.25) is 33.6 Å². The third-order valence-corrected chi connectivity index (χ3v) is 12.9. The lowest BCUT2D eigenvalue weighted by Crippen LogP contribution is -2.59. The van der Waals surface area contributed by atoms with Crippen molar-refractivity contribution >= 4 is 46.7 Å². The number of hydrogen-bond donors (Lipinski definition) is 4. The number of benzene rings is 1. The van der Waals surface area contributed by atoms with Gasteiger partial charge >= 0.3 is 11.9 Å². The summed E-state index contributed by atoms with van der Waals surface area (Å²) in [5.41, 5.74) is 7.18. The second-order valence-electron chi connectivity index (χ2n) is 18.0. The van der Waals surface area contributed by atoms with Crippen LogP contribution in [-0.2, 0) is 43.8 Å². The molecular formula is C45H69N9O7S. The molecule has 3 aromatic rings. The van der Waals surface area contributed by atoms with Crippen molar-refractivity contribution in [3.63, 3.8) is 0 Å². The summed E-state index contributed by atoms with van der Waals surface area (Å²) in [4.78, 5) is 76.1. The van der Waals surface area contributed by atoms with Gasteiger partial charge < -0.3 is 31.1 Å². The lowest BCUT2D eigenvalue weighted by Gasteiger charge is -2.40. The van der Waals surface area contributed by atoms with Crippen LogP contribution in [0.4, 0.5) is 5.69 Å². The zero-order chi connectivity index (χ0) is 45.7. The van der Waals surface area contributed by atoms with E-state index in [1.807, 2.05) is 65.0 Å². The van der Waals surface area contributed by atoms with E-state index in [1.54, 1.807) is 36.0 Å². The van der Waals surface area contributed by atoms with E-state index in [0.717, 1.165) is 43.5 Å². The summed E-state index contributed by atoms with van der Waals surface area (Å²) in [5.74, 6) is -2.63. The number of aliphatic carboxylic acids is 1. The molecule has 5 unspecified atom stereocenters. The predicted octanol–water partition coefficient (Wildman–Crippen LogP) is 5.58. The highest BCUT2D eigenvalue weighted by Gasteiger charge is 2.39. The minimum absolute atomic E-state index is 0.0999. The molecule has 1 aromatic carbocycles. The molecule has 4 rings (SSSR count). The lowest BCUT2D eigenvalue weighted by molar-refractivity contribution is -0.150. The number of carbonyl (C=O) groups is 5. The fourth-order valence-corrected chi connectivity index (χ4v) is 8.89. The van der Waals surface area contributed by atoms with Crippen LogP contribution in [0, 0.1) is 17.3 Å². The number of esters is 1. The maximum absolute atomic E-state index is 15.0. The molecule has 0 radical (unpaired) electrons. The van der Waals surface area contributed by atoms with Gasteiger partial charge in [-0.05, 0) is 102 Å². The zero-order valence-electron chi connectivity index (χ0n) is 38.1. The van der Waals surface area contributed by atoms with E-state index in [-0.39, 0.29) is 48.2 Å². The van der Waals surface area contributed by atoms with Crippen LogP contribution in [0.25, 0.3) is 0 Å². The van der Waals surface area contributed by atoms with Crippen molar-refractivity contribution < 1.29 is 33.8 Å². The molecule has 1 fully saturated rings. The van der Waals surface area contributed by atoms with Crippen molar-refractivity contribution in [2.75, 3.05) is 25.9 Å². The second-order valence-corrected chi connectivity index (χ2v) is 18.9. The fourth-order valence-electron chi connectivity index (χ4n) is 8.05. The molecule has 0 aliphatic carbocycles. The van der Waals surface area contributed by atoms with E-state index in [0.29, 0.717) is 42.9 Å². The van der Waals surface area contributed by atoms with Gasteiger partial charge in [0.15, 0.2) is 6.10 Å². The number of anilines is 1. The number of thiazole rings is 1. The number of aryl methyl sites for hydroxylation is 2. The number of likely N-dealkylation sites (N-methyl/N-ethyl adjacent to an activating group) is 1. The monoisotopic (exact) mass is 880 g/mol. The number of piperidine rings is 1. The van der Waals surface area contributed by atoms with Crippen LogP contribution in [0.1, 0.15) is 133 Å². The van der Waals surface area contributed by atoms with Crippen LogP contribution in [0.3, 0.4) is 0 Å². The summed E-state index contributed by atoms with van der Waals surface area (Å²) < 4.78 is 7.60. The Balaban J connectivity index is 1.63. The molecule has 342 valence electrons. The zero-order valence-corrected chi connectivity index (χ0v) is 38.9. The summed E-state index contributed by atoms with van der Waals surface area (Å²) in [5, 5.41) is 26.4. The van der Waals surface area contributed by atoms with Crippen LogP contribution in [0.15, 0.2) is 35.8 Å². The number of amides is 3. The van der Waals surface area contributed by atoms with Gasteiger partial charge in [-0.15, -0.1) is 16.4 Å². The minimum Gasteiger partial charge on any atom is -0.481 e. The van der Waals surface area contributed by atoms with Gasteiger partial charge in [0.25, 0.3) is 5.91 Å². The number of carbonyl (C=O) groups excluding carboxylic acids is 4. The highest BCUT2D eigenvalue weighted by atomic mass is 32.1. The first-order chi connectivity index (χ1) is 29.3. The van der Waals surface area contributed by atoms with Crippen LogP contribution < -0.4 is 16.4 Å². The fraction of sp³-hybridized carbons (Fsp3) is 0.644. The average molecular weight is 880 g/mol. The van der Waals surface area contributed by atoms with Crippen molar-refractivity contribution in [1.29, 1.82) is 0 Å². The Labute approximate surface area is 370 Å². The van der Waals surface area contributed by atoms with Gasteiger partial charge in [0, 0.05) is 56.3 Å². The largest absolute Gasteiger partial charge is 0.481 e. The standard InChI is InChI=1S/C45H69N9O7S/c1-10-29(4)39(49-41(57)36-16-12-13-21-52(36)8)43(58)54(22-14-11-15-33-26-53(9)51-50-33)37(28(2)3)24-38(61-30(5)55)42-48-35(27-62-42)40(56)47-34(25-45(6,7)44(59)60)23-31-17-19-32(46)20-18-31/h17-20,26-29,34,36-39H,10-16,21-25,46H2,1-9H3,(H,47,56)(H,49,57)(H,59,60)/t29?,34?,36-,37?,38?,39?/m1/s1. The number of ether oxygens (including phenoxy) is 1. The van der Waals surface area contributed by atoms with Crippen LogP contribution in [-0.4, -0.2) is 109 Å². The first-order valence-electron chi connectivity index (χ1n) is 22.0. The molecule has 3 heterocycles. The smallest absolute Gasteiger partial charge is 0.309 e. The Morgan fingerprint density at radius 1 is 1.06 bits per heavy atom. The minimum atomic E-state index is -1.13. The predicted molar refractivity (Wildman–Crippen MR) is 239 cm³/mol.